The molecule has 0 spiro atoms. The normalized spacial score (nSPS) is 11.8. The molecule has 0 bridgehead atoms. The first kappa shape index (κ1) is 16.0. The van der Waals surface area contributed by atoms with Gasteiger partial charge in [-0.3, -0.25) is 9.78 Å². The van der Waals surface area contributed by atoms with Crippen molar-refractivity contribution in [2.45, 2.75) is 19.9 Å². The highest BCUT2D eigenvalue weighted by molar-refractivity contribution is 5.94. The van der Waals surface area contributed by atoms with Gasteiger partial charge in [0.1, 0.15) is 12.4 Å². The van der Waals surface area contributed by atoms with Crippen LogP contribution in [0.25, 0.3) is 0 Å². The van der Waals surface area contributed by atoms with E-state index in [2.05, 4.69) is 10.3 Å². The lowest BCUT2D eigenvalue weighted by molar-refractivity contribution is 0.0939. The third kappa shape index (κ3) is 4.30. The lowest BCUT2D eigenvalue weighted by Gasteiger charge is -2.14. The van der Waals surface area contributed by atoms with Crippen LogP contribution in [-0.2, 0) is 0 Å². The maximum Gasteiger partial charge on any atom is 0.251 e. The van der Waals surface area contributed by atoms with E-state index in [9.17, 15) is 4.79 Å². The van der Waals surface area contributed by atoms with Gasteiger partial charge in [0.05, 0.1) is 6.04 Å². The van der Waals surface area contributed by atoms with E-state index in [-0.39, 0.29) is 11.9 Å². The highest BCUT2D eigenvalue weighted by atomic mass is 16.5. The number of nitrogens with one attached hydrogen (secondary N) is 1. The minimum absolute atomic E-state index is 0.116. The standard InChI is InChI=1S/C17H21N3O2/c1-12-6-7-15(11-19-12)13(2)20-17(21)14-4-3-5-16(10-14)22-9-8-18/h3-7,10-11,13H,8-9,18H2,1-2H3,(H,20,21)/t13-/m1/s1. The average Bonchev–Trinajstić information content (AvgIpc) is 2.53. The lowest BCUT2D eigenvalue weighted by atomic mass is 10.1. The highest BCUT2D eigenvalue weighted by Crippen LogP contribution is 2.16. The van der Waals surface area contributed by atoms with Crippen LogP contribution < -0.4 is 15.8 Å². The van der Waals surface area contributed by atoms with Crippen molar-refractivity contribution in [3.05, 3.63) is 59.4 Å². The van der Waals surface area contributed by atoms with Crippen molar-refractivity contribution in [1.82, 2.24) is 10.3 Å². The van der Waals surface area contributed by atoms with Crippen molar-refractivity contribution in [3.8, 4) is 5.75 Å². The van der Waals surface area contributed by atoms with Crippen LogP contribution in [0, 0.1) is 6.92 Å². The number of aryl methyl sites for hydroxylation is 1. The first-order chi connectivity index (χ1) is 10.6. The molecule has 1 heterocycles. The largest absolute Gasteiger partial charge is 0.492 e. The van der Waals surface area contributed by atoms with Crippen molar-refractivity contribution in [3.63, 3.8) is 0 Å². The van der Waals surface area contributed by atoms with Crippen LogP contribution in [0.1, 0.15) is 34.6 Å². The number of nitrogens with zero attached hydrogens (tertiary/aromatic N) is 1. The van der Waals surface area contributed by atoms with Gasteiger partial charge in [-0.2, -0.15) is 0 Å². The molecule has 0 fully saturated rings. The second-order valence-electron chi connectivity index (χ2n) is 5.09. The van der Waals surface area contributed by atoms with Crippen molar-refractivity contribution in [2.75, 3.05) is 13.2 Å². The van der Waals surface area contributed by atoms with Gasteiger partial charge < -0.3 is 15.8 Å². The number of hydrogen-bond donors (Lipinski definition) is 2. The number of rotatable bonds is 6. The number of pyridine rings is 1. The van der Waals surface area contributed by atoms with Crippen LogP contribution in [0.4, 0.5) is 0 Å². The van der Waals surface area contributed by atoms with Gasteiger partial charge in [0.25, 0.3) is 5.91 Å². The monoisotopic (exact) mass is 299 g/mol. The minimum Gasteiger partial charge on any atom is -0.492 e. The number of benzene rings is 1. The predicted octanol–water partition coefficient (Wildman–Crippen LogP) is 2.22. The van der Waals surface area contributed by atoms with E-state index in [4.69, 9.17) is 10.5 Å². The number of aromatic nitrogens is 1. The third-order valence-electron chi connectivity index (χ3n) is 3.26. The Morgan fingerprint density at radius 1 is 1.36 bits per heavy atom. The zero-order valence-electron chi connectivity index (χ0n) is 12.9. The summed E-state index contributed by atoms with van der Waals surface area (Å²) >= 11 is 0. The molecule has 0 aliphatic carbocycles. The zero-order valence-corrected chi connectivity index (χ0v) is 12.9. The minimum atomic E-state index is -0.147. The van der Waals surface area contributed by atoms with E-state index in [0.29, 0.717) is 24.5 Å². The van der Waals surface area contributed by atoms with E-state index in [1.807, 2.05) is 26.0 Å². The molecule has 2 aromatic rings. The summed E-state index contributed by atoms with van der Waals surface area (Å²) in [4.78, 5) is 16.6. The fraction of sp³-hybridized carbons (Fsp3) is 0.294. The molecule has 0 saturated carbocycles. The molecule has 1 amide bonds. The Labute approximate surface area is 130 Å². The molecule has 1 atom stereocenters. The SMILES string of the molecule is Cc1ccc([C@@H](C)NC(=O)c2cccc(OCCN)c2)cn1. The van der Waals surface area contributed by atoms with E-state index in [1.165, 1.54) is 0 Å². The molecule has 0 saturated heterocycles. The molecule has 1 aromatic heterocycles. The fourth-order valence-corrected chi connectivity index (χ4v) is 2.00. The van der Waals surface area contributed by atoms with Crippen LogP contribution in [-0.4, -0.2) is 24.0 Å². The van der Waals surface area contributed by atoms with Crippen LogP contribution in [0.2, 0.25) is 0 Å². The summed E-state index contributed by atoms with van der Waals surface area (Å²) < 4.78 is 5.43. The Morgan fingerprint density at radius 2 is 2.18 bits per heavy atom. The second-order valence-corrected chi connectivity index (χ2v) is 5.09. The Bertz CT molecular complexity index is 626. The Morgan fingerprint density at radius 3 is 2.86 bits per heavy atom. The molecule has 22 heavy (non-hydrogen) atoms. The van der Waals surface area contributed by atoms with Crippen molar-refractivity contribution < 1.29 is 9.53 Å². The topological polar surface area (TPSA) is 77.2 Å². The smallest absolute Gasteiger partial charge is 0.251 e. The van der Waals surface area contributed by atoms with Gasteiger partial charge in [0.15, 0.2) is 0 Å². The lowest BCUT2D eigenvalue weighted by Crippen LogP contribution is -2.26. The van der Waals surface area contributed by atoms with Crippen LogP contribution in [0.3, 0.4) is 0 Å². The van der Waals surface area contributed by atoms with Gasteiger partial charge >= 0.3 is 0 Å². The molecule has 5 heteroatoms. The molecule has 1 aromatic carbocycles. The number of carbonyl (C=O) groups is 1. The van der Waals surface area contributed by atoms with Crippen molar-refractivity contribution in [2.24, 2.45) is 5.73 Å². The predicted molar refractivity (Wildman–Crippen MR) is 85.8 cm³/mol. The molecule has 0 radical (unpaired) electrons. The summed E-state index contributed by atoms with van der Waals surface area (Å²) in [5.74, 6) is 0.494. The molecule has 5 nitrogen and oxygen atoms in total. The summed E-state index contributed by atoms with van der Waals surface area (Å²) in [6.45, 7) is 4.73. The van der Waals surface area contributed by atoms with Crippen LogP contribution in [0.15, 0.2) is 42.6 Å². The molecule has 0 unspecified atom stereocenters. The van der Waals surface area contributed by atoms with Gasteiger partial charge in [-0.05, 0) is 43.7 Å². The first-order valence-corrected chi connectivity index (χ1v) is 7.26. The number of hydrogen-bond acceptors (Lipinski definition) is 4. The Kier molecular flexibility index (Phi) is 5.49. The molecule has 0 aliphatic rings. The Hall–Kier alpha value is -2.40. The van der Waals surface area contributed by atoms with Crippen LogP contribution in [0.5, 0.6) is 5.75 Å². The summed E-state index contributed by atoms with van der Waals surface area (Å²) in [7, 11) is 0. The molecular weight excluding hydrogens is 278 g/mol. The van der Waals surface area contributed by atoms with E-state index in [0.717, 1.165) is 11.3 Å². The van der Waals surface area contributed by atoms with Gasteiger partial charge in [0.2, 0.25) is 0 Å². The number of carbonyl (C=O) groups excluding carboxylic acids is 1. The number of nitrogens with two attached hydrogens (primary N) is 1. The van der Waals surface area contributed by atoms with Gasteiger partial charge in [0, 0.05) is 24.0 Å². The second kappa shape index (κ2) is 7.56. The molecule has 3 N–H and O–H groups in total. The van der Waals surface area contributed by atoms with Crippen LogP contribution >= 0.6 is 0 Å². The van der Waals surface area contributed by atoms with Gasteiger partial charge in [-0.1, -0.05) is 12.1 Å². The maximum absolute atomic E-state index is 12.3. The third-order valence-corrected chi connectivity index (χ3v) is 3.26. The zero-order chi connectivity index (χ0) is 15.9. The van der Waals surface area contributed by atoms with Crippen molar-refractivity contribution in [1.29, 1.82) is 0 Å². The quantitative estimate of drug-likeness (QED) is 0.857. The van der Waals surface area contributed by atoms with E-state index >= 15 is 0 Å². The first-order valence-electron chi connectivity index (χ1n) is 7.26. The fourth-order valence-electron chi connectivity index (χ4n) is 2.00. The van der Waals surface area contributed by atoms with Crippen molar-refractivity contribution >= 4 is 5.91 Å². The summed E-state index contributed by atoms with van der Waals surface area (Å²) in [5.41, 5.74) is 7.88. The summed E-state index contributed by atoms with van der Waals surface area (Å²) in [6, 6.07) is 10.8. The Balaban J connectivity index is 2.03. The number of ether oxygens (including phenoxy) is 1. The van der Waals surface area contributed by atoms with E-state index < -0.39 is 0 Å². The molecular formula is C17H21N3O2. The maximum atomic E-state index is 12.3. The molecule has 2 rings (SSSR count). The highest BCUT2D eigenvalue weighted by Gasteiger charge is 2.12. The van der Waals surface area contributed by atoms with Gasteiger partial charge in [-0.25, -0.2) is 0 Å². The number of amides is 1. The molecule has 0 aliphatic heterocycles. The molecule has 116 valence electrons. The van der Waals surface area contributed by atoms with Gasteiger partial charge in [-0.15, -0.1) is 0 Å². The average molecular weight is 299 g/mol. The summed E-state index contributed by atoms with van der Waals surface area (Å²) in [5, 5.41) is 2.96. The summed E-state index contributed by atoms with van der Waals surface area (Å²) in [6.07, 6.45) is 1.78. The van der Waals surface area contributed by atoms with E-state index in [1.54, 1.807) is 30.5 Å².